The Hall–Kier alpha value is -0.300. The number of ketones is 1. The van der Waals surface area contributed by atoms with Gasteiger partial charge in [0.25, 0.3) is 0 Å². The average molecular weight is 143 g/mol. The van der Waals surface area contributed by atoms with Gasteiger partial charge in [0, 0.05) is 11.8 Å². The van der Waals surface area contributed by atoms with E-state index in [-0.39, 0.29) is 17.1 Å². The minimum absolute atomic E-state index is 0.164. The van der Waals surface area contributed by atoms with E-state index >= 15 is 0 Å². The minimum Gasteiger partial charge on any atom is -0.297 e. The van der Waals surface area contributed by atoms with Crippen LogP contribution >= 0.6 is 11.6 Å². The number of halogens is 1. The highest BCUT2D eigenvalue weighted by molar-refractivity contribution is 6.33. The molecule has 2 aliphatic rings. The molecule has 1 fully saturated rings. The second kappa shape index (κ2) is 1.60. The van der Waals surface area contributed by atoms with Crippen LogP contribution in [0.2, 0.25) is 0 Å². The van der Waals surface area contributed by atoms with E-state index in [9.17, 15) is 4.79 Å². The van der Waals surface area contributed by atoms with E-state index < -0.39 is 0 Å². The van der Waals surface area contributed by atoms with E-state index in [1.165, 1.54) is 0 Å². The summed E-state index contributed by atoms with van der Waals surface area (Å²) in [4.78, 5) is 11.0. The molecule has 0 aromatic heterocycles. The predicted octanol–water partition coefficient (Wildman–Crippen LogP) is 1.37. The molecule has 1 nitrogen and oxygen atoms in total. The lowest BCUT2D eigenvalue weighted by Crippen LogP contribution is -2.18. The molecule has 0 amide bonds. The number of allylic oxidation sites excluding steroid dienone is 2. The second-order valence-electron chi connectivity index (χ2n) is 2.70. The number of carbonyl (C=O) groups excluding carboxylic acids is 1. The van der Waals surface area contributed by atoms with Crippen molar-refractivity contribution in [1.82, 2.24) is 0 Å². The SMILES string of the molecule is O=C1[C@@H]2C=C[C@@H](C2)[C@H]1Cl. The van der Waals surface area contributed by atoms with Crippen molar-refractivity contribution < 1.29 is 4.79 Å². The van der Waals surface area contributed by atoms with Crippen LogP contribution in [0.5, 0.6) is 0 Å². The Morgan fingerprint density at radius 2 is 2.33 bits per heavy atom. The van der Waals surface area contributed by atoms with Crippen LogP contribution in [0, 0.1) is 11.8 Å². The number of hydrogen-bond acceptors (Lipinski definition) is 1. The molecule has 0 N–H and O–H groups in total. The van der Waals surface area contributed by atoms with Crippen LogP contribution in [-0.4, -0.2) is 11.2 Å². The Kier molecular flexibility index (Phi) is 0.974. The summed E-state index contributed by atoms with van der Waals surface area (Å²) in [5.74, 6) is 0.742. The maximum absolute atomic E-state index is 11.0. The molecule has 2 bridgehead atoms. The fourth-order valence-electron chi connectivity index (χ4n) is 1.57. The Morgan fingerprint density at radius 1 is 1.56 bits per heavy atom. The standard InChI is InChI=1S/C7H7ClO/c8-6-4-1-2-5(3-4)7(6)9/h1-2,4-6H,3H2/t4-,5+,6+/m0/s1. The first kappa shape index (κ1) is 5.48. The van der Waals surface area contributed by atoms with Gasteiger partial charge in [0.05, 0.1) is 5.38 Å². The van der Waals surface area contributed by atoms with E-state index in [1.54, 1.807) is 0 Å². The van der Waals surface area contributed by atoms with Crippen molar-refractivity contribution in [3.8, 4) is 0 Å². The average Bonchev–Trinajstić information content (AvgIpc) is 2.37. The number of fused-ring (bicyclic) bond motifs is 2. The number of hydrogen-bond donors (Lipinski definition) is 0. The van der Waals surface area contributed by atoms with Gasteiger partial charge in [-0.05, 0) is 6.42 Å². The van der Waals surface area contributed by atoms with Crippen LogP contribution in [0.25, 0.3) is 0 Å². The van der Waals surface area contributed by atoms with Crippen molar-refractivity contribution in [2.75, 3.05) is 0 Å². The van der Waals surface area contributed by atoms with Crippen molar-refractivity contribution >= 4 is 17.4 Å². The van der Waals surface area contributed by atoms with Gasteiger partial charge in [0.1, 0.15) is 0 Å². The lowest BCUT2D eigenvalue weighted by atomic mass is 10.1. The van der Waals surface area contributed by atoms with Gasteiger partial charge in [-0.15, -0.1) is 11.6 Å². The van der Waals surface area contributed by atoms with Crippen molar-refractivity contribution in [3.63, 3.8) is 0 Å². The van der Waals surface area contributed by atoms with Crippen LogP contribution < -0.4 is 0 Å². The van der Waals surface area contributed by atoms with Crippen LogP contribution in [-0.2, 0) is 4.79 Å². The molecule has 1 saturated carbocycles. The van der Waals surface area contributed by atoms with Gasteiger partial charge < -0.3 is 0 Å². The van der Waals surface area contributed by atoms with Gasteiger partial charge in [-0.1, -0.05) is 12.2 Å². The summed E-state index contributed by atoms with van der Waals surface area (Å²) in [6, 6.07) is 0. The molecule has 0 radical (unpaired) electrons. The molecule has 0 unspecified atom stereocenters. The number of carbonyl (C=O) groups is 1. The topological polar surface area (TPSA) is 17.1 Å². The molecule has 0 heterocycles. The molecule has 2 rings (SSSR count). The summed E-state index contributed by atoms with van der Waals surface area (Å²) >= 11 is 5.76. The third kappa shape index (κ3) is 0.584. The highest BCUT2D eigenvalue weighted by Gasteiger charge is 2.41. The first-order valence-corrected chi connectivity index (χ1v) is 3.59. The largest absolute Gasteiger partial charge is 0.297 e. The van der Waals surface area contributed by atoms with Gasteiger partial charge in [-0.25, -0.2) is 0 Å². The summed E-state index contributed by atoms with van der Waals surface area (Å²) in [7, 11) is 0. The molecular weight excluding hydrogens is 136 g/mol. The smallest absolute Gasteiger partial charge is 0.158 e. The number of rotatable bonds is 0. The summed E-state index contributed by atoms with van der Waals surface area (Å²) in [5, 5.41) is -0.208. The van der Waals surface area contributed by atoms with Crippen molar-refractivity contribution in [2.45, 2.75) is 11.8 Å². The fraction of sp³-hybridized carbons (Fsp3) is 0.571. The maximum atomic E-state index is 11.0. The van der Waals surface area contributed by atoms with Crippen LogP contribution in [0.4, 0.5) is 0 Å². The normalized spacial score (nSPS) is 46.8. The van der Waals surface area contributed by atoms with Gasteiger partial charge in [0.2, 0.25) is 0 Å². The number of alkyl halides is 1. The van der Waals surface area contributed by atoms with E-state index in [0.29, 0.717) is 5.92 Å². The minimum atomic E-state index is -0.208. The zero-order valence-electron chi connectivity index (χ0n) is 4.88. The van der Waals surface area contributed by atoms with Crippen LogP contribution in [0.3, 0.4) is 0 Å². The predicted molar refractivity (Wildman–Crippen MR) is 35.4 cm³/mol. The monoisotopic (exact) mass is 142 g/mol. The quantitative estimate of drug-likeness (QED) is 0.369. The highest BCUT2D eigenvalue weighted by Crippen LogP contribution is 2.39. The van der Waals surface area contributed by atoms with E-state index in [0.717, 1.165) is 6.42 Å². The molecule has 0 saturated heterocycles. The summed E-state index contributed by atoms with van der Waals surface area (Å²) in [6.45, 7) is 0. The van der Waals surface area contributed by atoms with Crippen molar-refractivity contribution in [3.05, 3.63) is 12.2 Å². The van der Waals surface area contributed by atoms with E-state index in [4.69, 9.17) is 11.6 Å². The number of Topliss-reactive ketones (excluding diaryl/α,β-unsaturated/α-hetero) is 1. The Morgan fingerprint density at radius 3 is 2.67 bits per heavy atom. The van der Waals surface area contributed by atoms with E-state index in [1.807, 2.05) is 6.08 Å². The van der Waals surface area contributed by atoms with Crippen LogP contribution in [0.15, 0.2) is 12.2 Å². The van der Waals surface area contributed by atoms with Crippen molar-refractivity contribution in [2.24, 2.45) is 11.8 Å². The van der Waals surface area contributed by atoms with Gasteiger partial charge in [-0.3, -0.25) is 4.79 Å². The Balaban J connectivity index is 2.36. The first-order chi connectivity index (χ1) is 4.29. The molecule has 2 aliphatic carbocycles. The lowest BCUT2D eigenvalue weighted by Gasteiger charge is -2.06. The molecule has 3 atom stereocenters. The zero-order valence-corrected chi connectivity index (χ0v) is 5.64. The molecule has 48 valence electrons. The van der Waals surface area contributed by atoms with Gasteiger partial charge >= 0.3 is 0 Å². The molecule has 2 heteroatoms. The lowest BCUT2D eigenvalue weighted by molar-refractivity contribution is -0.119. The molecule has 0 aromatic rings. The second-order valence-corrected chi connectivity index (χ2v) is 3.17. The fourth-order valence-corrected chi connectivity index (χ4v) is 1.92. The van der Waals surface area contributed by atoms with Crippen LogP contribution in [0.1, 0.15) is 6.42 Å². The zero-order chi connectivity index (χ0) is 6.43. The molecule has 0 spiro atoms. The maximum Gasteiger partial charge on any atom is 0.158 e. The molecular formula is C7H7ClO. The molecule has 9 heavy (non-hydrogen) atoms. The summed E-state index contributed by atoms with van der Waals surface area (Å²) in [5.41, 5.74) is 0. The van der Waals surface area contributed by atoms with Gasteiger partial charge in [0.15, 0.2) is 5.78 Å². The third-order valence-electron chi connectivity index (χ3n) is 2.13. The summed E-state index contributed by atoms with van der Waals surface area (Å²) in [6.07, 6.45) is 5.00. The third-order valence-corrected chi connectivity index (χ3v) is 2.67. The van der Waals surface area contributed by atoms with Gasteiger partial charge in [-0.2, -0.15) is 0 Å². The van der Waals surface area contributed by atoms with E-state index in [2.05, 4.69) is 6.08 Å². The molecule has 0 aliphatic heterocycles. The first-order valence-electron chi connectivity index (χ1n) is 3.15. The molecule has 0 aromatic carbocycles. The summed E-state index contributed by atoms with van der Waals surface area (Å²) < 4.78 is 0. The van der Waals surface area contributed by atoms with Crippen molar-refractivity contribution in [1.29, 1.82) is 0 Å². The Bertz CT molecular complexity index is 185. The Labute approximate surface area is 58.7 Å². The highest BCUT2D eigenvalue weighted by atomic mass is 35.5.